The fourth-order valence-corrected chi connectivity index (χ4v) is 2.51. The summed E-state index contributed by atoms with van der Waals surface area (Å²) in [6, 6.07) is 28.5. The minimum Gasteiger partial charge on any atom is -0.497 e. The summed E-state index contributed by atoms with van der Waals surface area (Å²) >= 11 is 0. The third kappa shape index (κ3) is 3.86. The second-order valence-corrected chi connectivity index (χ2v) is 5.28. The van der Waals surface area contributed by atoms with Crippen LogP contribution >= 0.6 is 0 Å². The van der Waals surface area contributed by atoms with Crippen LogP contribution in [0.25, 0.3) is 0 Å². The maximum absolute atomic E-state index is 5.35. The number of rotatable bonds is 5. The van der Waals surface area contributed by atoms with E-state index >= 15 is 0 Å². The second-order valence-electron chi connectivity index (χ2n) is 5.28. The van der Waals surface area contributed by atoms with Gasteiger partial charge in [-0.1, -0.05) is 72.8 Å². The summed E-state index contributed by atoms with van der Waals surface area (Å²) in [5, 5.41) is 0. The van der Waals surface area contributed by atoms with E-state index in [0.29, 0.717) is 0 Å². The predicted octanol–water partition coefficient (Wildman–Crippen LogP) is 4.90. The maximum Gasteiger partial charge on any atom is 0.119 e. The van der Waals surface area contributed by atoms with Crippen molar-refractivity contribution in [2.45, 2.75) is 6.04 Å². The lowest BCUT2D eigenvalue weighted by molar-refractivity contribution is 0.414. The third-order valence-corrected chi connectivity index (χ3v) is 3.70. The summed E-state index contributed by atoms with van der Waals surface area (Å²) in [5.74, 6) is 0.846. The first-order chi connectivity index (χ1) is 11.4. The lowest BCUT2D eigenvalue weighted by Gasteiger charge is -2.14. The van der Waals surface area contributed by atoms with Crippen LogP contribution in [-0.2, 0) is 0 Å². The van der Waals surface area contributed by atoms with Crippen molar-refractivity contribution in [2.24, 2.45) is 4.99 Å². The van der Waals surface area contributed by atoms with Gasteiger partial charge in [-0.05, 0) is 28.8 Å². The van der Waals surface area contributed by atoms with Crippen LogP contribution in [0, 0.1) is 0 Å². The summed E-state index contributed by atoms with van der Waals surface area (Å²) in [7, 11) is 1.68. The molecule has 0 saturated heterocycles. The van der Waals surface area contributed by atoms with Gasteiger partial charge in [-0.15, -0.1) is 0 Å². The van der Waals surface area contributed by atoms with E-state index in [1.54, 1.807) is 7.11 Å². The molecular formula is C21H19NO. The zero-order valence-corrected chi connectivity index (χ0v) is 13.1. The van der Waals surface area contributed by atoms with E-state index in [1.165, 1.54) is 0 Å². The van der Waals surface area contributed by atoms with E-state index in [1.807, 2.05) is 60.8 Å². The van der Waals surface area contributed by atoms with Gasteiger partial charge < -0.3 is 4.74 Å². The molecule has 23 heavy (non-hydrogen) atoms. The van der Waals surface area contributed by atoms with Crippen molar-refractivity contribution in [2.75, 3.05) is 7.11 Å². The van der Waals surface area contributed by atoms with Crippen molar-refractivity contribution < 1.29 is 4.74 Å². The van der Waals surface area contributed by atoms with Crippen LogP contribution in [0.5, 0.6) is 5.75 Å². The molecule has 0 fully saturated rings. The Hall–Kier alpha value is -2.87. The van der Waals surface area contributed by atoms with Crippen LogP contribution in [0.15, 0.2) is 89.9 Å². The summed E-state index contributed by atoms with van der Waals surface area (Å²) in [6.07, 6.45) is 1.93. The first-order valence-corrected chi connectivity index (χ1v) is 7.64. The number of ether oxygens (including phenoxy) is 1. The van der Waals surface area contributed by atoms with Crippen LogP contribution in [0.3, 0.4) is 0 Å². The molecule has 0 aromatic heterocycles. The molecule has 0 spiro atoms. The molecule has 1 unspecified atom stereocenters. The Kier molecular flexibility index (Phi) is 4.85. The average Bonchev–Trinajstić information content (AvgIpc) is 2.64. The van der Waals surface area contributed by atoms with Crippen molar-refractivity contribution in [1.29, 1.82) is 0 Å². The Bertz CT molecular complexity index is 766. The average molecular weight is 301 g/mol. The van der Waals surface area contributed by atoms with Gasteiger partial charge in [-0.25, -0.2) is 0 Å². The third-order valence-electron chi connectivity index (χ3n) is 3.70. The van der Waals surface area contributed by atoms with Crippen molar-refractivity contribution in [3.8, 4) is 5.75 Å². The molecular weight excluding hydrogens is 282 g/mol. The van der Waals surface area contributed by atoms with E-state index in [9.17, 15) is 0 Å². The molecule has 3 aromatic carbocycles. The molecule has 0 aliphatic rings. The number of hydrogen-bond donors (Lipinski definition) is 0. The fraction of sp³-hybridized carbons (Fsp3) is 0.0952. The SMILES string of the molecule is COc1cccc(C(N=Cc2ccccc2)c2ccccc2)c1. The molecule has 0 bridgehead atoms. The standard InChI is InChI=1S/C21H19NO/c1-23-20-14-8-13-19(15-20)21(18-11-6-3-7-12-18)22-16-17-9-4-2-5-10-17/h2-16,21H,1H3. The van der Waals surface area contributed by atoms with Gasteiger partial charge in [0, 0.05) is 6.21 Å². The van der Waals surface area contributed by atoms with Crippen LogP contribution in [0.2, 0.25) is 0 Å². The van der Waals surface area contributed by atoms with E-state index in [4.69, 9.17) is 9.73 Å². The van der Waals surface area contributed by atoms with Gasteiger partial charge in [-0.2, -0.15) is 0 Å². The molecule has 1 atom stereocenters. The Morgan fingerprint density at radius 2 is 1.43 bits per heavy atom. The van der Waals surface area contributed by atoms with Gasteiger partial charge in [0.25, 0.3) is 0 Å². The molecule has 0 amide bonds. The van der Waals surface area contributed by atoms with Gasteiger partial charge >= 0.3 is 0 Å². The number of nitrogens with zero attached hydrogens (tertiary/aromatic N) is 1. The topological polar surface area (TPSA) is 21.6 Å². The minimum absolute atomic E-state index is 0.0495. The smallest absolute Gasteiger partial charge is 0.119 e. The highest BCUT2D eigenvalue weighted by molar-refractivity contribution is 5.79. The zero-order valence-electron chi connectivity index (χ0n) is 13.1. The van der Waals surface area contributed by atoms with Crippen molar-refractivity contribution in [3.63, 3.8) is 0 Å². The van der Waals surface area contributed by atoms with Crippen LogP contribution in [0.4, 0.5) is 0 Å². The molecule has 3 rings (SSSR count). The predicted molar refractivity (Wildman–Crippen MR) is 95.3 cm³/mol. The van der Waals surface area contributed by atoms with Crippen molar-refractivity contribution in [1.82, 2.24) is 0 Å². The Labute approximate surface area is 137 Å². The van der Waals surface area contributed by atoms with E-state index in [0.717, 1.165) is 22.4 Å². The molecule has 0 N–H and O–H groups in total. The van der Waals surface area contributed by atoms with E-state index < -0.39 is 0 Å². The summed E-state index contributed by atoms with van der Waals surface area (Å²) in [4.78, 5) is 4.83. The summed E-state index contributed by atoms with van der Waals surface area (Å²) in [5.41, 5.74) is 3.37. The minimum atomic E-state index is -0.0495. The lowest BCUT2D eigenvalue weighted by Crippen LogP contribution is -1.99. The Balaban J connectivity index is 1.98. The quantitative estimate of drug-likeness (QED) is 0.614. The highest BCUT2D eigenvalue weighted by atomic mass is 16.5. The highest BCUT2D eigenvalue weighted by Gasteiger charge is 2.12. The molecule has 0 aliphatic carbocycles. The van der Waals surface area contributed by atoms with Gasteiger partial charge in [0.05, 0.1) is 7.11 Å². The summed E-state index contributed by atoms with van der Waals surface area (Å²) < 4.78 is 5.35. The van der Waals surface area contributed by atoms with Gasteiger partial charge in [0.15, 0.2) is 0 Å². The number of aliphatic imine (C=N–C) groups is 1. The first kappa shape index (κ1) is 15.0. The molecule has 2 heteroatoms. The zero-order chi connectivity index (χ0) is 15.9. The number of hydrogen-bond acceptors (Lipinski definition) is 2. The molecule has 3 aromatic rings. The normalized spacial score (nSPS) is 12.2. The molecule has 0 aliphatic heterocycles. The van der Waals surface area contributed by atoms with Gasteiger partial charge in [0.1, 0.15) is 11.8 Å². The second kappa shape index (κ2) is 7.41. The molecule has 0 saturated carbocycles. The van der Waals surface area contributed by atoms with Gasteiger partial charge in [0.2, 0.25) is 0 Å². The largest absolute Gasteiger partial charge is 0.497 e. The number of benzene rings is 3. The Morgan fingerprint density at radius 1 is 0.783 bits per heavy atom. The number of methoxy groups -OCH3 is 1. The lowest BCUT2D eigenvalue weighted by atomic mass is 9.99. The molecule has 0 radical (unpaired) electrons. The maximum atomic E-state index is 5.35. The van der Waals surface area contributed by atoms with Crippen LogP contribution < -0.4 is 4.74 Å². The summed E-state index contributed by atoms with van der Waals surface area (Å²) in [6.45, 7) is 0. The molecule has 0 heterocycles. The van der Waals surface area contributed by atoms with Crippen molar-refractivity contribution in [3.05, 3.63) is 102 Å². The Morgan fingerprint density at radius 3 is 2.13 bits per heavy atom. The van der Waals surface area contributed by atoms with E-state index in [2.05, 4.69) is 30.3 Å². The van der Waals surface area contributed by atoms with Gasteiger partial charge in [-0.3, -0.25) is 4.99 Å². The molecule has 2 nitrogen and oxygen atoms in total. The van der Waals surface area contributed by atoms with Crippen LogP contribution in [-0.4, -0.2) is 13.3 Å². The fourth-order valence-electron chi connectivity index (χ4n) is 2.51. The first-order valence-electron chi connectivity index (χ1n) is 7.64. The van der Waals surface area contributed by atoms with Crippen LogP contribution in [0.1, 0.15) is 22.7 Å². The van der Waals surface area contributed by atoms with Crippen molar-refractivity contribution >= 4 is 6.21 Å². The highest BCUT2D eigenvalue weighted by Crippen LogP contribution is 2.28. The van der Waals surface area contributed by atoms with E-state index in [-0.39, 0.29) is 6.04 Å². The molecule has 114 valence electrons. The monoisotopic (exact) mass is 301 g/mol.